The molecule has 4 N–H and O–H groups in total. The van der Waals surface area contributed by atoms with Crippen molar-refractivity contribution in [2.24, 2.45) is 5.73 Å². The largest absolute Gasteiger partial charge is 0.478 e. The van der Waals surface area contributed by atoms with Gasteiger partial charge >= 0.3 is 5.97 Å². The molecule has 19 heavy (non-hydrogen) atoms. The third-order valence-corrected chi connectivity index (χ3v) is 3.37. The summed E-state index contributed by atoms with van der Waals surface area (Å²) in [5.41, 5.74) is 6.18. The van der Waals surface area contributed by atoms with Crippen molar-refractivity contribution in [2.75, 3.05) is 5.32 Å². The first-order valence-corrected chi connectivity index (χ1v) is 6.28. The van der Waals surface area contributed by atoms with Gasteiger partial charge in [0.2, 0.25) is 5.91 Å². The highest BCUT2D eigenvalue weighted by Gasteiger charge is 2.30. The fourth-order valence-electron chi connectivity index (χ4n) is 1.76. The Hall–Kier alpha value is -1.88. The van der Waals surface area contributed by atoms with Crippen molar-refractivity contribution in [2.45, 2.75) is 39.2 Å². The zero-order valence-electron chi connectivity index (χ0n) is 11.5. The molecule has 0 aliphatic rings. The Morgan fingerprint density at radius 3 is 2.37 bits per heavy atom. The number of anilines is 1. The van der Waals surface area contributed by atoms with Crippen LogP contribution in [0, 0.1) is 6.92 Å². The van der Waals surface area contributed by atoms with Crippen LogP contribution < -0.4 is 11.1 Å². The van der Waals surface area contributed by atoms with Crippen LogP contribution in [0.3, 0.4) is 0 Å². The van der Waals surface area contributed by atoms with E-state index in [1.807, 2.05) is 13.8 Å². The highest BCUT2D eigenvalue weighted by molar-refractivity contribution is 6.03. The van der Waals surface area contributed by atoms with Crippen molar-refractivity contribution >= 4 is 17.6 Å². The van der Waals surface area contributed by atoms with E-state index in [-0.39, 0.29) is 17.2 Å². The first kappa shape index (κ1) is 15.2. The number of rotatable bonds is 5. The van der Waals surface area contributed by atoms with Crippen molar-refractivity contribution in [1.82, 2.24) is 0 Å². The molecule has 0 atom stereocenters. The lowest BCUT2D eigenvalue weighted by molar-refractivity contribution is -0.121. The predicted molar refractivity (Wildman–Crippen MR) is 74.3 cm³/mol. The summed E-state index contributed by atoms with van der Waals surface area (Å²) in [7, 11) is 0. The standard InChI is InChI=1S/C14H20N2O3/c1-4-14(15,5-2)13(19)16-11-7-6-9(3)8-10(11)12(17)18/h6-8H,4-5,15H2,1-3H3,(H,16,19)(H,17,18). The summed E-state index contributed by atoms with van der Waals surface area (Å²) in [6.45, 7) is 5.45. The van der Waals surface area contributed by atoms with Crippen LogP contribution in [0.1, 0.15) is 42.6 Å². The van der Waals surface area contributed by atoms with Gasteiger partial charge in [0, 0.05) is 0 Å². The Bertz CT molecular complexity index is 493. The smallest absolute Gasteiger partial charge is 0.337 e. The molecule has 0 spiro atoms. The number of nitrogens with one attached hydrogen (secondary N) is 1. The Morgan fingerprint density at radius 2 is 1.89 bits per heavy atom. The number of aromatic carboxylic acids is 1. The second-order valence-electron chi connectivity index (χ2n) is 4.67. The van der Waals surface area contributed by atoms with E-state index in [0.717, 1.165) is 5.56 Å². The van der Waals surface area contributed by atoms with Crippen LogP contribution in [-0.4, -0.2) is 22.5 Å². The number of amides is 1. The fourth-order valence-corrected chi connectivity index (χ4v) is 1.76. The van der Waals surface area contributed by atoms with Crippen LogP contribution in [0.5, 0.6) is 0 Å². The van der Waals surface area contributed by atoms with Gasteiger partial charge < -0.3 is 16.2 Å². The second kappa shape index (κ2) is 5.84. The van der Waals surface area contributed by atoms with E-state index in [4.69, 9.17) is 10.8 Å². The third-order valence-electron chi connectivity index (χ3n) is 3.37. The summed E-state index contributed by atoms with van der Waals surface area (Å²) >= 11 is 0. The van der Waals surface area contributed by atoms with Gasteiger partial charge in [-0.15, -0.1) is 0 Å². The summed E-state index contributed by atoms with van der Waals surface area (Å²) < 4.78 is 0. The Balaban J connectivity index is 3.06. The molecular formula is C14H20N2O3. The number of hydrogen-bond acceptors (Lipinski definition) is 3. The molecule has 0 unspecified atom stereocenters. The van der Waals surface area contributed by atoms with Crippen LogP contribution in [0.15, 0.2) is 18.2 Å². The van der Waals surface area contributed by atoms with Crippen molar-refractivity contribution in [1.29, 1.82) is 0 Å². The quantitative estimate of drug-likeness (QED) is 0.759. The highest BCUT2D eigenvalue weighted by Crippen LogP contribution is 2.20. The van der Waals surface area contributed by atoms with E-state index in [1.54, 1.807) is 19.1 Å². The molecule has 5 nitrogen and oxygen atoms in total. The van der Waals surface area contributed by atoms with E-state index < -0.39 is 11.5 Å². The molecule has 0 aliphatic carbocycles. The number of hydrogen-bond donors (Lipinski definition) is 3. The normalized spacial score (nSPS) is 11.2. The SMILES string of the molecule is CCC(N)(CC)C(=O)Nc1ccc(C)cc1C(=O)O. The summed E-state index contributed by atoms with van der Waals surface area (Å²) in [5, 5.41) is 11.8. The van der Waals surface area contributed by atoms with Gasteiger partial charge in [-0.1, -0.05) is 25.5 Å². The molecule has 1 amide bonds. The number of nitrogens with two attached hydrogens (primary N) is 1. The minimum absolute atomic E-state index is 0.0721. The summed E-state index contributed by atoms with van der Waals surface area (Å²) in [4.78, 5) is 23.3. The summed E-state index contributed by atoms with van der Waals surface area (Å²) in [5.74, 6) is -1.43. The summed E-state index contributed by atoms with van der Waals surface area (Å²) in [6.07, 6.45) is 0.979. The van der Waals surface area contributed by atoms with Crippen molar-refractivity contribution in [3.05, 3.63) is 29.3 Å². The summed E-state index contributed by atoms with van der Waals surface area (Å²) in [6, 6.07) is 4.86. The highest BCUT2D eigenvalue weighted by atomic mass is 16.4. The average Bonchev–Trinajstić information content (AvgIpc) is 2.39. The van der Waals surface area contributed by atoms with Gasteiger partial charge in [-0.05, 0) is 31.9 Å². The molecular weight excluding hydrogens is 244 g/mol. The number of carboxylic acids is 1. The van der Waals surface area contributed by atoms with Crippen molar-refractivity contribution < 1.29 is 14.7 Å². The van der Waals surface area contributed by atoms with Gasteiger partial charge in [-0.3, -0.25) is 4.79 Å². The minimum Gasteiger partial charge on any atom is -0.478 e. The van der Waals surface area contributed by atoms with Crippen molar-refractivity contribution in [3.63, 3.8) is 0 Å². The Kier molecular flexibility index (Phi) is 4.67. The molecule has 5 heteroatoms. The van der Waals surface area contributed by atoms with Gasteiger partial charge in [-0.2, -0.15) is 0 Å². The van der Waals surface area contributed by atoms with E-state index in [2.05, 4.69) is 5.32 Å². The molecule has 0 aromatic heterocycles. The lowest BCUT2D eigenvalue weighted by atomic mass is 9.93. The maximum atomic E-state index is 12.1. The molecule has 0 saturated heterocycles. The molecule has 104 valence electrons. The van der Waals surface area contributed by atoms with E-state index in [9.17, 15) is 9.59 Å². The van der Waals surface area contributed by atoms with Crippen LogP contribution in [-0.2, 0) is 4.79 Å². The monoisotopic (exact) mass is 264 g/mol. The van der Waals surface area contributed by atoms with Gasteiger partial charge in [0.05, 0.1) is 16.8 Å². The van der Waals surface area contributed by atoms with Crippen molar-refractivity contribution in [3.8, 4) is 0 Å². The lowest BCUT2D eigenvalue weighted by Crippen LogP contribution is -2.50. The molecule has 0 saturated carbocycles. The van der Waals surface area contributed by atoms with E-state index in [1.165, 1.54) is 6.07 Å². The van der Waals surface area contributed by atoms with Crippen LogP contribution in [0.25, 0.3) is 0 Å². The molecule has 1 rings (SSSR count). The Morgan fingerprint density at radius 1 is 1.32 bits per heavy atom. The number of benzene rings is 1. The topological polar surface area (TPSA) is 92.4 Å². The molecule has 0 heterocycles. The van der Waals surface area contributed by atoms with Gasteiger partial charge in [0.15, 0.2) is 0 Å². The third kappa shape index (κ3) is 3.32. The fraction of sp³-hybridized carbons (Fsp3) is 0.429. The molecule has 1 aromatic carbocycles. The molecule has 0 radical (unpaired) electrons. The van der Waals surface area contributed by atoms with Gasteiger partial charge in [-0.25, -0.2) is 4.79 Å². The first-order valence-electron chi connectivity index (χ1n) is 6.28. The zero-order valence-corrected chi connectivity index (χ0v) is 11.5. The molecule has 1 aromatic rings. The number of carboxylic acid groups (broad SMARTS) is 1. The Labute approximate surface area is 112 Å². The van der Waals surface area contributed by atoms with Crippen LogP contribution in [0.4, 0.5) is 5.69 Å². The number of carbonyl (C=O) groups excluding carboxylic acids is 1. The number of carbonyl (C=O) groups is 2. The predicted octanol–water partition coefficient (Wildman–Crippen LogP) is 2.15. The molecule has 0 bridgehead atoms. The first-order chi connectivity index (χ1) is 8.84. The van der Waals surface area contributed by atoms with E-state index >= 15 is 0 Å². The lowest BCUT2D eigenvalue weighted by Gasteiger charge is -2.25. The zero-order chi connectivity index (χ0) is 14.6. The minimum atomic E-state index is -1.07. The van der Waals surface area contributed by atoms with Gasteiger partial charge in [0.1, 0.15) is 0 Å². The number of aryl methyl sites for hydroxylation is 1. The molecule has 0 aliphatic heterocycles. The average molecular weight is 264 g/mol. The van der Waals surface area contributed by atoms with Crippen LogP contribution in [0.2, 0.25) is 0 Å². The van der Waals surface area contributed by atoms with Crippen LogP contribution >= 0.6 is 0 Å². The van der Waals surface area contributed by atoms with E-state index in [0.29, 0.717) is 12.8 Å². The molecule has 0 fully saturated rings. The second-order valence-corrected chi connectivity index (χ2v) is 4.67. The maximum absolute atomic E-state index is 12.1. The maximum Gasteiger partial charge on any atom is 0.337 e. The van der Waals surface area contributed by atoms with Gasteiger partial charge in [0.25, 0.3) is 0 Å².